The standard InChI is InChI=1S/C26H32N6O7/c1-26(2,3)39-24(36)29-21-11-12-30(23(35)28-21)15-19(33)13-27-22(34)20-10-9-18-14-31(20)25(37)32(18)38-16-17-7-5-4-6-8-17/h4-8,11-12,18,20H,9-10,13-16H2,1-3H3,(H,27,34)(H,28,29,35,36)/t18-,20+/m1/s1. The summed E-state index contributed by atoms with van der Waals surface area (Å²) in [5.41, 5.74) is -0.537. The first-order valence-electron chi connectivity index (χ1n) is 12.6. The number of Topliss-reactive ketones (excluding diaryl/α,β-unsaturated/α-hetero) is 1. The molecule has 4 rings (SSSR count). The van der Waals surface area contributed by atoms with Crippen LogP contribution < -0.4 is 16.3 Å². The van der Waals surface area contributed by atoms with E-state index in [1.165, 1.54) is 22.2 Å². The molecule has 0 spiro atoms. The maximum atomic E-state index is 12.9. The van der Waals surface area contributed by atoms with Gasteiger partial charge in [0.15, 0.2) is 5.78 Å². The van der Waals surface area contributed by atoms with Crippen LogP contribution in [0.15, 0.2) is 47.4 Å². The average molecular weight is 541 g/mol. The van der Waals surface area contributed by atoms with Gasteiger partial charge in [-0.15, -0.1) is 0 Å². The summed E-state index contributed by atoms with van der Waals surface area (Å²) in [5.74, 6) is -0.893. The lowest BCUT2D eigenvalue weighted by Crippen LogP contribution is -2.50. The van der Waals surface area contributed by atoms with E-state index in [9.17, 15) is 24.0 Å². The van der Waals surface area contributed by atoms with Crippen molar-refractivity contribution in [2.75, 3.05) is 18.4 Å². The number of piperidine rings is 1. The number of amides is 4. The first-order valence-corrected chi connectivity index (χ1v) is 12.6. The van der Waals surface area contributed by atoms with Crippen molar-refractivity contribution in [1.29, 1.82) is 0 Å². The quantitative estimate of drug-likeness (QED) is 0.487. The lowest BCUT2D eigenvalue weighted by Gasteiger charge is -2.29. The predicted molar refractivity (Wildman–Crippen MR) is 138 cm³/mol. The topological polar surface area (TPSA) is 152 Å². The molecular formula is C26H32N6O7. The fourth-order valence-electron chi connectivity index (χ4n) is 4.37. The van der Waals surface area contributed by atoms with Gasteiger partial charge in [0.05, 0.1) is 19.1 Å². The maximum absolute atomic E-state index is 12.9. The van der Waals surface area contributed by atoms with Gasteiger partial charge in [-0.05, 0) is 45.2 Å². The highest BCUT2D eigenvalue weighted by Gasteiger charge is 2.47. The van der Waals surface area contributed by atoms with Gasteiger partial charge >= 0.3 is 17.8 Å². The van der Waals surface area contributed by atoms with Crippen molar-refractivity contribution < 1.29 is 28.8 Å². The summed E-state index contributed by atoms with van der Waals surface area (Å²) in [6.45, 7) is 5.07. The normalized spacial score (nSPS) is 18.6. The molecule has 2 N–H and O–H groups in total. The molecule has 3 heterocycles. The van der Waals surface area contributed by atoms with Gasteiger partial charge < -0.3 is 15.0 Å². The highest BCUT2D eigenvalue weighted by atomic mass is 16.7. The van der Waals surface area contributed by atoms with Gasteiger partial charge in [-0.3, -0.25) is 24.3 Å². The van der Waals surface area contributed by atoms with Gasteiger partial charge in [0.25, 0.3) is 0 Å². The third-order valence-electron chi connectivity index (χ3n) is 6.15. The van der Waals surface area contributed by atoms with Crippen LogP contribution in [-0.2, 0) is 32.3 Å². The number of hydroxylamine groups is 2. The second-order valence-electron chi connectivity index (χ2n) is 10.4. The molecule has 2 aliphatic rings. The highest BCUT2D eigenvalue weighted by molar-refractivity contribution is 5.91. The van der Waals surface area contributed by atoms with Crippen molar-refractivity contribution in [1.82, 2.24) is 24.8 Å². The zero-order valence-corrected chi connectivity index (χ0v) is 22.1. The summed E-state index contributed by atoms with van der Waals surface area (Å²) < 4.78 is 6.18. The van der Waals surface area contributed by atoms with Gasteiger partial charge in [0, 0.05) is 12.7 Å². The maximum Gasteiger partial charge on any atom is 0.413 e. The fraction of sp³-hybridized carbons (Fsp3) is 0.462. The van der Waals surface area contributed by atoms with E-state index in [2.05, 4.69) is 15.6 Å². The van der Waals surface area contributed by atoms with Gasteiger partial charge in [-0.2, -0.15) is 10.0 Å². The Morgan fingerprint density at radius 1 is 1.08 bits per heavy atom. The number of urea groups is 1. The number of ketones is 1. The van der Waals surface area contributed by atoms with E-state index in [-0.39, 0.29) is 37.6 Å². The Balaban J connectivity index is 1.25. The minimum absolute atomic E-state index is 0.0149. The van der Waals surface area contributed by atoms with Gasteiger partial charge in [0.2, 0.25) is 5.91 Å². The number of hydrogen-bond acceptors (Lipinski definition) is 8. The molecule has 39 heavy (non-hydrogen) atoms. The van der Waals surface area contributed by atoms with Gasteiger partial charge in [-0.25, -0.2) is 14.4 Å². The summed E-state index contributed by atoms with van der Waals surface area (Å²) in [4.78, 5) is 73.3. The number of anilines is 1. The Hall–Kier alpha value is -4.26. The van der Waals surface area contributed by atoms with Crippen molar-refractivity contribution >= 4 is 29.6 Å². The van der Waals surface area contributed by atoms with Crippen molar-refractivity contribution in [2.45, 2.75) is 64.4 Å². The van der Waals surface area contributed by atoms with Crippen LogP contribution in [0.25, 0.3) is 0 Å². The number of hydrogen-bond donors (Lipinski definition) is 2. The van der Waals surface area contributed by atoms with E-state index in [1.54, 1.807) is 20.8 Å². The third-order valence-corrected chi connectivity index (χ3v) is 6.15. The van der Waals surface area contributed by atoms with Crippen molar-refractivity contribution in [3.05, 3.63) is 58.6 Å². The number of carbonyl (C=O) groups is 4. The number of carbonyl (C=O) groups excluding carboxylic acids is 4. The Bertz CT molecular complexity index is 1290. The smallest absolute Gasteiger partial charge is 0.413 e. The van der Waals surface area contributed by atoms with Crippen LogP contribution >= 0.6 is 0 Å². The van der Waals surface area contributed by atoms with Gasteiger partial charge in [-0.1, -0.05) is 30.3 Å². The summed E-state index contributed by atoms with van der Waals surface area (Å²) in [7, 11) is 0. The average Bonchev–Trinajstić information content (AvgIpc) is 3.11. The van der Waals surface area contributed by atoms with E-state index in [4.69, 9.17) is 9.57 Å². The molecule has 0 aliphatic carbocycles. The van der Waals surface area contributed by atoms with Crippen molar-refractivity contribution in [3.8, 4) is 0 Å². The SMILES string of the molecule is CC(C)(C)OC(=O)Nc1ccn(CC(=O)CNC(=O)[C@@H]2CC[C@@H]3CN2C(=O)N3OCc2ccccc2)c(=O)n1. The zero-order chi connectivity index (χ0) is 28.2. The van der Waals surface area contributed by atoms with Crippen molar-refractivity contribution in [3.63, 3.8) is 0 Å². The Morgan fingerprint density at radius 2 is 1.82 bits per heavy atom. The molecule has 0 saturated carbocycles. The first kappa shape index (κ1) is 27.8. The Morgan fingerprint density at radius 3 is 2.51 bits per heavy atom. The molecule has 13 nitrogen and oxygen atoms in total. The highest BCUT2D eigenvalue weighted by Crippen LogP contribution is 2.30. The molecule has 0 unspecified atom stereocenters. The van der Waals surface area contributed by atoms with Crippen LogP contribution in [0.5, 0.6) is 0 Å². The molecule has 13 heteroatoms. The lowest BCUT2D eigenvalue weighted by molar-refractivity contribution is -0.140. The molecule has 2 bridgehead atoms. The van der Waals surface area contributed by atoms with Crippen molar-refractivity contribution in [2.24, 2.45) is 0 Å². The first-order chi connectivity index (χ1) is 18.5. The molecule has 1 aromatic heterocycles. The monoisotopic (exact) mass is 540 g/mol. The number of aromatic nitrogens is 2. The summed E-state index contributed by atoms with van der Waals surface area (Å²) in [5, 5.41) is 6.28. The van der Waals surface area contributed by atoms with E-state index in [0.717, 1.165) is 10.1 Å². The van der Waals surface area contributed by atoms with E-state index in [1.807, 2.05) is 30.3 Å². The van der Waals surface area contributed by atoms with E-state index >= 15 is 0 Å². The Kier molecular flexibility index (Phi) is 8.29. The largest absolute Gasteiger partial charge is 0.444 e. The van der Waals surface area contributed by atoms with Crippen LogP contribution in [0.3, 0.4) is 0 Å². The number of fused-ring (bicyclic) bond motifs is 2. The molecule has 2 atom stereocenters. The molecule has 2 aromatic rings. The van der Waals surface area contributed by atoms with E-state index < -0.39 is 35.1 Å². The predicted octanol–water partition coefficient (Wildman–Crippen LogP) is 1.68. The molecule has 1 aromatic carbocycles. The minimum Gasteiger partial charge on any atom is -0.444 e. The molecule has 2 fully saturated rings. The molecular weight excluding hydrogens is 508 g/mol. The molecule has 4 amide bonds. The van der Waals surface area contributed by atoms with Crippen LogP contribution in [0.4, 0.5) is 15.4 Å². The van der Waals surface area contributed by atoms with E-state index in [0.29, 0.717) is 19.4 Å². The fourth-order valence-corrected chi connectivity index (χ4v) is 4.37. The summed E-state index contributed by atoms with van der Waals surface area (Å²) >= 11 is 0. The van der Waals surface area contributed by atoms with Crippen LogP contribution in [0.2, 0.25) is 0 Å². The van der Waals surface area contributed by atoms with Crippen LogP contribution in [0.1, 0.15) is 39.2 Å². The van der Waals surface area contributed by atoms with Gasteiger partial charge in [0.1, 0.15) is 24.1 Å². The number of rotatable bonds is 9. The molecule has 208 valence electrons. The Labute approximate surface area is 225 Å². The number of nitrogens with zero attached hydrogens (tertiary/aromatic N) is 4. The second kappa shape index (κ2) is 11.6. The summed E-state index contributed by atoms with van der Waals surface area (Å²) in [6.07, 6.45) is 1.59. The number of ether oxygens (including phenoxy) is 1. The third kappa shape index (κ3) is 7.19. The number of benzene rings is 1. The zero-order valence-electron chi connectivity index (χ0n) is 22.1. The lowest BCUT2D eigenvalue weighted by atomic mass is 10.0. The molecule has 2 saturated heterocycles. The second-order valence-corrected chi connectivity index (χ2v) is 10.4. The molecule has 0 radical (unpaired) electrons. The summed E-state index contributed by atoms with van der Waals surface area (Å²) in [6, 6.07) is 9.61. The van der Waals surface area contributed by atoms with Crippen LogP contribution in [0, 0.1) is 0 Å². The minimum atomic E-state index is -0.762. The molecule has 2 aliphatic heterocycles. The number of nitrogens with one attached hydrogen (secondary N) is 2. The van der Waals surface area contributed by atoms with Crippen LogP contribution in [-0.4, -0.2) is 74.1 Å².